The van der Waals surface area contributed by atoms with Gasteiger partial charge in [0.05, 0.1) is 37.2 Å². The molecule has 4 rings (SSSR count). The monoisotopic (exact) mass is 502 g/mol. The molecule has 0 unspecified atom stereocenters. The van der Waals surface area contributed by atoms with Crippen molar-refractivity contribution in [1.82, 2.24) is 9.66 Å². The molecule has 0 aliphatic carbocycles. The van der Waals surface area contributed by atoms with Crippen LogP contribution >= 0.6 is 0 Å². The number of nitro benzene ring substituents is 1. The molecule has 188 valence electrons. The molecule has 0 fully saturated rings. The van der Waals surface area contributed by atoms with Gasteiger partial charge in [0.15, 0.2) is 17.3 Å². The summed E-state index contributed by atoms with van der Waals surface area (Å²) >= 11 is 0. The minimum atomic E-state index is -0.619. The fraction of sp³-hybridized carbons (Fsp3) is 0.115. The second-order valence-corrected chi connectivity index (χ2v) is 7.67. The first-order valence-corrected chi connectivity index (χ1v) is 10.9. The van der Waals surface area contributed by atoms with E-state index in [2.05, 4.69) is 10.4 Å². The number of fused-ring (bicyclic) bond motifs is 1. The second-order valence-electron chi connectivity index (χ2n) is 7.67. The van der Waals surface area contributed by atoms with Crippen molar-refractivity contribution in [3.05, 3.63) is 92.8 Å². The standard InChI is InChI=1S/C26H22N4O7/c1-35-21-14-17(15-22(36-2)24(21)37-3)25-27-20-7-5-4-6-19(20)26(32)29(25)28-23(31)13-10-16-8-11-18(12-9-16)30(33)34/h4-15H,1-3H3,(H,28,31)/b13-10+. The molecule has 37 heavy (non-hydrogen) atoms. The predicted molar refractivity (Wildman–Crippen MR) is 138 cm³/mol. The predicted octanol–water partition coefficient (Wildman–Crippen LogP) is 3.78. The first-order valence-electron chi connectivity index (χ1n) is 10.9. The van der Waals surface area contributed by atoms with Crippen LogP contribution in [-0.4, -0.2) is 41.8 Å². The molecule has 11 nitrogen and oxygen atoms in total. The van der Waals surface area contributed by atoms with Crippen molar-refractivity contribution in [2.45, 2.75) is 0 Å². The summed E-state index contributed by atoms with van der Waals surface area (Å²) in [5.41, 5.74) is 3.43. The third kappa shape index (κ3) is 5.10. The molecular weight excluding hydrogens is 480 g/mol. The normalized spacial score (nSPS) is 10.9. The van der Waals surface area contributed by atoms with Crippen LogP contribution < -0.4 is 25.2 Å². The van der Waals surface area contributed by atoms with Crippen molar-refractivity contribution in [2.75, 3.05) is 26.8 Å². The number of hydrogen-bond acceptors (Lipinski definition) is 8. The molecule has 0 atom stereocenters. The minimum Gasteiger partial charge on any atom is -0.493 e. The SMILES string of the molecule is COc1cc(-c2nc3ccccc3c(=O)n2NC(=O)/C=C/c2ccc([N+](=O)[O-])cc2)cc(OC)c1OC. The summed E-state index contributed by atoms with van der Waals surface area (Å²) in [5, 5.41) is 11.1. The minimum absolute atomic E-state index is 0.0645. The van der Waals surface area contributed by atoms with E-state index in [4.69, 9.17) is 14.2 Å². The summed E-state index contributed by atoms with van der Waals surface area (Å²) in [7, 11) is 4.40. The Labute approximate surface area is 210 Å². The molecule has 4 aromatic rings. The van der Waals surface area contributed by atoms with Crippen LogP contribution in [0.5, 0.6) is 17.2 Å². The van der Waals surface area contributed by atoms with Crippen molar-refractivity contribution in [3.8, 4) is 28.6 Å². The Morgan fingerprint density at radius 3 is 2.24 bits per heavy atom. The van der Waals surface area contributed by atoms with Gasteiger partial charge in [-0.1, -0.05) is 12.1 Å². The number of para-hydroxylation sites is 1. The smallest absolute Gasteiger partial charge is 0.280 e. The zero-order valence-corrected chi connectivity index (χ0v) is 20.1. The second kappa shape index (κ2) is 10.6. The average molecular weight is 502 g/mol. The molecule has 0 aliphatic rings. The number of nitrogens with one attached hydrogen (secondary N) is 1. The van der Waals surface area contributed by atoms with Gasteiger partial charge < -0.3 is 14.2 Å². The van der Waals surface area contributed by atoms with Gasteiger partial charge >= 0.3 is 0 Å². The number of nitrogens with zero attached hydrogens (tertiary/aromatic N) is 3. The quantitative estimate of drug-likeness (QED) is 0.219. The topological polar surface area (TPSA) is 135 Å². The van der Waals surface area contributed by atoms with Crippen molar-refractivity contribution in [3.63, 3.8) is 0 Å². The van der Waals surface area contributed by atoms with Crippen molar-refractivity contribution < 1.29 is 23.9 Å². The molecule has 1 aromatic heterocycles. The zero-order valence-electron chi connectivity index (χ0n) is 20.1. The number of carbonyl (C=O) groups is 1. The lowest BCUT2D eigenvalue weighted by atomic mass is 10.1. The highest BCUT2D eigenvalue weighted by molar-refractivity contribution is 5.98. The molecule has 0 aliphatic heterocycles. The van der Waals surface area contributed by atoms with Gasteiger partial charge in [-0.15, -0.1) is 0 Å². The summed E-state index contributed by atoms with van der Waals surface area (Å²) in [6.45, 7) is 0. The van der Waals surface area contributed by atoms with Crippen LogP contribution in [0.4, 0.5) is 5.69 Å². The molecule has 0 spiro atoms. The average Bonchev–Trinajstić information content (AvgIpc) is 2.92. The third-order valence-corrected chi connectivity index (χ3v) is 5.45. The highest BCUT2D eigenvalue weighted by Crippen LogP contribution is 2.40. The number of hydrogen-bond donors (Lipinski definition) is 1. The molecule has 11 heteroatoms. The summed E-state index contributed by atoms with van der Waals surface area (Å²) in [6, 6.07) is 15.7. The molecule has 1 amide bonds. The maximum Gasteiger partial charge on any atom is 0.280 e. The first-order chi connectivity index (χ1) is 17.9. The van der Waals surface area contributed by atoms with Crippen LogP contribution in [0.25, 0.3) is 28.4 Å². The lowest BCUT2D eigenvalue weighted by Gasteiger charge is -2.17. The first kappa shape index (κ1) is 24.9. The highest BCUT2D eigenvalue weighted by Gasteiger charge is 2.19. The third-order valence-electron chi connectivity index (χ3n) is 5.45. The number of non-ortho nitro benzene ring substituents is 1. The van der Waals surface area contributed by atoms with E-state index >= 15 is 0 Å². The van der Waals surface area contributed by atoms with Gasteiger partial charge in [0.2, 0.25) is 5.75 Å². The maximum absolute atomic E-state index is 13.4. The Morgan fingerprint density at radius 1 is 1.00 bits per heavy atom. The number of amides is 1. The van der Waals surface area contributed by atoms with E-state index in [0.29, 0.717) is 39.3 Å². The van der Waals surface area contributed by atoms with Gasteiger partial charge in [0, 0.05) is 23.8 Å². The van der Waals surface area contributed by atoms with Crippen LogP contribution in [0, 0.1) is 10.1 Å². The number of aromatic nitrogens is 2. The molecule has 1 heterocycles. The zero-order chi connectivity index (χ0) is 26.5. The fourth-order valence-corrected chi connectivity index (χ4v) is 3.67. The van der Waals surface area contributed by atoms with E-state index in [-0.39, 0.29) is 11.5 Å². The fourth-order valence-electron chi connectivity index (χ4n) is 3.67. The Bertz CT molecular complexity index is 1550. The Balaban J connectivity index is 1.78. The van der Waals surface area contributed by atoms with Gasteiger partial charge in [0.1, 0.15) is 0 Å². The molecule has 0 radical (unpaired) electrons. The van der Waals surface area contributed by atoms with Gasteiger partial charge in [-0.2, -0.15) is 4.68 Å². The Hall–Kier alpha value is -5.19. The summed E-state index contributed by atoms with van der Waals surface area (Å²) in [5.74, 6) is 0.565. The highest BCUT2D eigenvalue weighted by atomic mass is 16.6. The molecule has 0 saturated heterocycles. The van der Waals surface area contributed by atoms with Crippen LogP contribution in [-0.2, 0) is 4.79 Å². The van der Waals surface area contributed by atoms with E-state index in [9.17, 15) is 19.7 Å². The molecular formula is C26H22N4O7. The molecule has 0 bridgehead atoms. The van der Waals surface area contributed by atoms with Crippen molar-refractivity contribution >= 4 is 28.6 Å². The Morgan fingerprint density at radius 2 is 1.65 bits per heavy atom. The van der Waals surface area contributed by atoms with Crippen LogP contribution in [0.1, 0.15) is 5.56 Å². The largest absolute Gasteiger partial charge is 0.493 e. The number of benzene rings is 3. The number of nitro groups is 1. The lowest BCUT2D eigenvalue weighted by Crippen LogP contribution is -2.34. The van der Waals surface area contributed by atoms with Gasteiger partial charge in [-0.3, -0.25) is 25.1 Å². The summed E-state index contributed by atoms with van der Waals surface area (Å²) in [6.07, 6.45) is 2.68. The number of carbonyl (C=O) groups excluding carboxylic acids is 1. The maximum atomic E-state index is 13.4. The van der Waals surface area contributed by atoms with E-state index in [1.165, 1.54) is 57.7 Å². The molecule has 3 aromatic carbocycles. The van der Waals surface area contributed by atoms with Crippen LogP contribution in [0.15, 0.2) is 71.5 Å². The van der Waals surface area contributed by atoms with Crippen LogP contribution in [0.2, 0.25) is 0 Å². The van der Waals surface area contributed by atoms with Crippen molar-refractivity contribution in [2.24, 2.45) is 0 Å². The van der Waals surface area contributed by atoms with Crippen LogP contribution in [0.3, 0.4) is 0 Å². The van der Waals surface area contributed by atoms with Gasteiger partial charge in [-0.25, -0.2) is 4.98 Å². The summed E-state index contributed by atoms with van der Waals surface area (Å²) in [4.78, 5) is 41.2. The van der Waals surface area contributed by atoms with E-state index in [1.807, 2.05) is 0 Å². The Kier molecular flexibility index (Phi) is 7.14. The molecule has 1 N–H and O–H groups in total. The number of ether oxygens (including phenoxy) is 3. The number of methoxy groups -OCH3 is 3. The van der Waals surface area contributed by atoms with E-state index < -0.39 is 16.4 Å². The van der Waals surface area contributed by atoms with Gasteiger partial charge in [0.25, 0.3) is 17.2 Å². The van der Waals surface area contributed by atoms with E-state index in [1.54, 1.807) is 36.4 Å². The van der Waals surface area contributed by atoms with Crippen molar-refractivity contribution in [1.29, 1.82) is 0 Å². The number of rotatable bonds is 8. The molecule has 0 saturated carbocycles. The summed E-state index contributed by atoms with van der Waals surface area (Å²) < 4.78 is 17.3. The lowest BCUT2D eigenvalue weighted by molar-refractivity contribution is -0.384. The van der Waals surface area contributed by atoms with Gasteiger partial charge in [-0.05, 0) is 48.0 Å². The van der Waals surface area contributed by atoms with E-state index in [0.717, 1.165) is 4.68 Å².